The van der Waals surface area contributed by atoms with E-state index in [-0.39, 0.29) is 5.02 Å². The Labute approximate surface area is 117 Å². The molecule has 0 saturated carbocycles. The van der Waals surface area contributed by atoms with Gasteiger partial charge in [0.15, 0.2) is 0 Å². The summed E-state index contributed by atoms with van der Waals surface area (Å²) in [4.78, 5) is 4.43. The van der Waals surface area contributed by atoms with Crippen molar-refractivity contribution in [3.63, 3.8) is 0 Å². The average Bonchev–Trinajstić information content (AvgIpc) is 2.71. The molecule has 0 aliphatic rings. The lowest BCUT2D eigenvalue weighted by atomic mass is 10.2. The second-order valence-corrected chi connectivity index (χ2v) is 4.92. The van der Waals surface area contributed by atoms with E-state index in [1.807, 2.05) is 17.7 Å². The molecule has 19 heavy (non-hydrogen) atoms. The van der Waals surface area contributed by atoms with E-state index in [0.29, 0.717) is 6.54 Å². The van der Waals surface area contributed by atoms with Crippen LogP contribution in [0.25, 0.3) is 0 Å². The van der Waals surface area contributed by atoms with Crippen LogP contribution in [0.1, 0.15) is 24.6 Å². The highest BCUT2D eigenvalue weighted by molar-refractivity contribution is 6.30. The van der Waals surface area contributed by atoms with Gasteiger partial charge in [-0.25, -0.2) is 9.37 Å². The molecular weight excluding hydrogens is 265 g/mol. The van der Waals surface area contributed by atoms with Gasteiger partial charge in [-0.3, -0.25) is 0 Å². The van der Waals surface area contributed by atoms with Crippen molar-refractivity contribution < 1.29 is 4.39 Å². The molecular formula is C14H17ClFN3. The summed E-state index contributed by atoms with van der Waals surface area (Å²) in [7, 11) is 0. The molecule has 2 rings (SSSR count). The first kappa shape index (κ1) is 13.9. The molecule has 0 bridgehead atoms. The molecule has 0 saturated heterocycles. The van der Waals surface area contributed by atoms with Crippen LogP contribution in [-0.4, -0.2) is 16.1 Å². The molecule has 3 nitrogen and oxygen atoms in total. The summed E-state index contributed by atoms with van der Waals surface area (Å²) in [5.41, 5.74) is 1.90. The molecule has 1 aromatic heterocycles. The minimum absolute atomic E-state index is 0.150. The van der Waals surface area contributed by atoms with Crippen molar-refractivity contribution in [2.24, 2.45) is 0 Å². The molecule has 0 amide bonds. The molecule has 102 valence electrons. The van der Waals surface area contributed by atoms with Gasteiger partial charge >= 0.3 is 0 Å². The van der Waals surface area contributed by atoms with E-state index in [4.69, 9.17) is 11.6 Å². The predicted octanol–water partition coefficient (Wildman–Crippen LogP) is 3.85. The molecule has 0 aliphatic carbocycles. The number of hydrogen-bond donors (Lipinski definition) is 1. The van der Waals surface area contributed by atoms with Crippen LogP contribution in [0.15, 0.2) is 24.4 Å². The van der Waals surface area contributed by atoms with E-state index in [1.165, 1.54) is 6.07 Å². The third kappa shape index (κ3) is 3.47. The van der Waals surface area contributed by atoms with E-state index in [1.54, 1.807) is 12.1 Å². The molecule has 2 aromatic rings. The predicted molar refractivity (Wildman–Crippen MR) is 76.3 cm³/mol. The number of imidazole rings is 1. The molecule has 1 heterocycles. The monoisotopic (exact) mass is 281 g/mol. The SMILES string of the molecule is CCCNc1nc(C)cn1Cc1ccc(F)c(Cl)c1. The number of rotatable bonds is 5. The van der Waals surface area contributed by atoms with Gasteiger partial charge in [-0.2, -0.15) is 0 Å². The first-order valence-electron chi connectivity index (χ1n) is 6.31. The second kappa shape index (κ2) is 6.06. The second-order valence-electron chi connectivity index (χ2n) is 4.51. The van der Waals surface area contributed by atoms with E-state index in [9.17, 15) is 4.39 Å². The first-order chi connectivity index (χ1) is 9.10. The number of anilines is 1. The van der Waals surface area contributed by atoms with Crippen molar-refractivity contribution in [1.82, 2.24) is 9.55 Å². The number of nitrogens with zero attached hydrogens (tertiary/aromatic N) is 2. The highest BCUT2D eigenvalue weighted by Gasteiger charge is 2.07. The largest absolute Gasteiger partial charge is 0.356 e. The number of aromatic nitrogens is 2. The molecule has 0 atom stereocenters. The zero-order valence-corrected chi connectivity index (χ0v) is 11.8. The molecule has 0 aliphatic heterocycles. The van der Waals surface area contributed by atoms with E-state index in [2.05, 4.69) is 17.2 Å². The van der Waals surface area contributed by atoms with Gasteiger partial charge in [-0.15, -0.1) is 0 Å². The third-order valence-electron chi connectivity index (χ3n) is 2.77. The Kier molecular flexibility index (Phi) is 4.43. The average molecular weight is 282 g/mol. The van der Waals surface area contributed by atoms with Crippen molar-refractivity contribution in [2.45, 2.75) is 26.8 Å². The van der Waals surface area contributed by atoms with Crippen LogP contribution in [0.2, 0.25) is 5.02 Å². The summed E-state index contributed by atoms with van der Waals surface area (Å²) >= 11 is 5.79. The summed E-state index contributed by atoms with van der Waals surface area (Å²) in [6, 6.07) is 4.77. The normalized spacial score (nSPS) is 10.7. The van der Waals surface area contributed by atoms with Crippen LogP contribution in [0.4, 0.5) is 10.3 Å². The lowest BCUT2D eigenvalue weighted by molar-refractivity contribution is 0.626. The fourth-order valence-electron chi connectivity index (χ4n) is 1.88. The van der Waals surface area contributed by atoms with Gasteiger partial charge in [-0.05, 0) is 31.0 Å². The minimum Gasteiger partial charge on any atom is -0.356 e. The lowest BCUT2D eigenvalue weighted by Crippen LogP contribution is -2.08. The van der Waals surface area contributed by atoms with Crippen LogP contribution in [0.3, 0.4) is 0 Å². The summed E-state index contributed by atoms with van der Waals surface area (Å²) in [5.74, 6) is 0.441. The fourth-order valence-corrected chi connectivity index (χ4v) is 2.08. The minimum atomic E-state index is -0.392. The Morgan fingerprint density at radius 3 is 2.89 bits per heavy atom. The van der Waals surface area contributed by atoms with E-state index < -0.39 is 5.82 Å². The highest BCUT2D eigenvalue weighted by Crippen LogP contribution is 2.18. The Morgan fingerprint density at radius 1 is 1.42 bits per heavy atom. The highest BCUT2D eigenvalue weighted by atomic mass is 35.5. The van der Waals surface area contributed by atoms with Crippen molar-refractivity contribution in [1.29, 1.82) is 0 Å². The van der Waals surface area contributed by atoms with Gasteiger partial charge in [0.1, 0.15) is 5.82 Å². The van der Waals surface area contributed by atoms with Crippen molar-refractivity contribution in [2.75, 3.05) is 11.9 Å². The summed E-state index contributed by atoms with van der Waals surface area (Å²) in [6.07, 6.45) is 3.00. The molecule has 0 unspecified atom stereocenters. The maximum Gasteiger partial charge on any atom is 0.203 e. The van der Waals surface area contributed by atoms with Crippen LogP contribution in [0, 0.1) is 12.7 Å². The van der Waals surface area contributed by atoms with E-state index >= 15 is 0 Å². The van der Waals surface area contributed by atoms with Crippen molar-refractivity contribution >= 4 is 17.5 Å². The zero-order chi connectivity index (χ0) is 13.8. The zero-order valence-electron chi connectivity index (χ0n) is 11.1. The van der Waals surface area contributed by atoms with Gasteiger partial charge in [-0.1, -0.05) is 24.6 Å². The quantitative estimate of drug-likeness (QED) is 0.902. The van der Waals surface area contributed by atoms with Crippen LogP contribution in [0.5, 0.6) is 0 Å². The van der Waals surface area contributed by atoms with Crippen molar-refractivity contribution in [3.8, 4) is 0 Å². The Balaban J connectivity index is 2.19. The summed E-state index contributed by atoms with van der Waals surface area (Å²) in [6.45, 7) is 5.55. The van der Waals surface area contributed by atoms with Gasteiger partial charge in [0, 0.05) is 12.7 Å². The summed E-state index contributed by atoms with van der Waals surface area (Å²) < 4.78 is 15.1. The standard InChI is InChI=1S/C14H17ClFN3/c1-3-6-17-14-18-10(2)8-19(14)9-11-4-5-13(16)12(15)7-11/h4-5,7-8H,3,6,9H2,1-2H3,(H,17,18). The first-order valence-corrected chi connectivity index (χ1v) is 6.69. The fraction of sp³-hybridized carbons (Fsp3) is 0.357. The molecule has 1 aromatic carbocycles. The Hall–Kier alpha value is -1.55. The Bertz CT molecular complexity index is 566. The number of nitrogens with one attached hydrogen (secondary N) is 1. The van der Waals surface area contributed by atoms with E-state index in [0.717, 1.165) is 30.2 Å². The maximum atomic E-state index is 13.1. The smallest absolute Gasteiger partial charge is 0.203 e. The molecule has 5 heteroatoms. The van der Waals surface area contributed by atoms with Gasteiger partial charge in [0.25, 0.3) is 0 Å². The van der Waals surface area contributed by atoms with Crippen LogP contribution >= 0.6 is 11.6 Å². The maximum absolute atomic E-state index is 13.1. The van der Waals surface area contributed by atoms with Crippen LogP contribution < -0.4 is 5.32 Å². The van der Waals surface area contributed by atoms with Gasteiger partial charge < -0.3 is 9.88 Å². The van der Waals surface area contributed by atoms with Crippen LogP contribution in [-0.2, 0) is 6.54 Å². The third-order valence-corrected chi connectivity index (χ3v) is 3.06. The number of benzene rings is 1. The lowest BCUT2D eigenvalue weighted by Gasteiger charge is -2.09. The van der Waals surface area contributed by atoms with Gasteiger partial charge in [0.2, 0.25) is 5.95 Å². The Morgan fingerprint density at radius 2 is 2.21 bits per heavy atom. The summed E-state index contributed by atoms with van der Waals surface area (Å²) in [5, 5.41) is 3.43. The van der Waals surface area contributed by atoms with Crippen molar-refractivity contribution in [3.05, 3.63) is 46.5 Å². The number of hydrogen-bond acceptors (Lipinski definition) is 2. The molecule has 0 spiro atoms. The molecule has 1 N–H and O–H groups in total. The number of aryl methyl sites for hydroxylation is 1. The molecule has 0 fully saturated rings. The molecule has 0 radical (unpaired) electrons. The number of halogens is 2. The van der Waals surface area contributed by atoms with Gasteiger partial charge in [0.05, 0.1) is 17.3 Å². The topological polar surface area (TPSA) is 29.9 Å².